The first-order chi connectivity index (χ1) is 11.1. The van der Waals surface area contributed by atoms with Gasteiger partial charge in [0.1, 0.15) is 5.75 Å². The lowest BCUT2D eigenvalue weighted by Crippen LogP contribution is -2.42. The summed E-state index contributed by atoms with van der Waals surface area (Å²) in [6.45, 7) is 8.79. The van der Waals surface area contributed by atoms with Crippen molar-refractivity contribution in [3.8, 4) is 5.75 Å². The van der Waals surface area contributed by atoms with Crippen molar-refractivity contribution in [2.75, 3.05) is 19.7 Å². The molecule has 2 unspecified atom stereocenters. The second kappa shape index (κ2) is 8.92. The monoisotopic (exact) mass is 318 g/mol. The van der Waals surface area contributed by atoms with E-state index in [-0.39, 0.29) is 17.9 Å². The number of nitrogens with one attached hydrogen (secondary N) is 2. The number of piperidine rings is 1. The Morgan fingerprint density at radius 3 is 2.83 bits per heavy atom. The zero-order chi connectivity index (χ0) is 16.7. The van der Waals surface area contributed by atoms with Gasteiger partial charge < -0.3 is 15.4 Å². The molecule has 128 valence electrons. The molecule has 1 heterocycles. The van der Waals surface area contributed by atoms with E-state index in [0.29, 0.717) is 12.5 Å². The van der Waals surface area contributed by atoms with Crippen LogP contribution < -0.4 is 15.4 Å². The first-order valence-corrected chi connectivity index (χ1v) is 8.84. The molecule has 0 aliphatic carbocycles. The molecule has 23 heavy (non-hydrogen) atoms. The van der Waals surface area contributed by atoms with Crippen LogP contribution in [0.25, 0.3) is 0 Å². The molecule has 4 nitrogen and oxygen atoms in total. The van der Waals surface area contributed by atoms with Crippen LogP contribution >= 0.6 is 0 Å². The molecule has 1 aromatic rings. The van der Waals surface area contributed by atoms with Crippen molar-refractivity contribution >= 4 is 5.91 Å². The Morgan fingerprint density at radius 2 is 2.17 bits per heavy atom. The van der Waals surface area contributed by atoms with Crippen LogP contribution in [0.1, 0.15) is 51.6 Å². The normalized spacial score (nSPS) is 19.4. The van der Waals surface area contributed by atoms with E-state index in [4.69, 9.17) is 4.74 Å². The number of carbonyl (C=O) groups is 1. The molecule has 2 N–H and O–H groups in total. The van der Waals surface area contributed by atoms with E-state index in [1.165, 1.54) is 0 Å². The van der Waals surface area contributed by atoms with Gasteiger partial charge in [-0.25, -0.2) is 0 Å². The van der Waals surface area contributed by atoms with Gasteiger partial charge in [-0.1, -0.05) is 32.0 Å². The summed E-state index contributed by atoms with van der Waals surface area (Å²) in [5.41, 5.74) is 1.08. The molecule has 0 radical (unpaired) electrons. The number of benzene rings is 1. The van der Waals surface area contributed by atoms with Crippen LogP contribution in [0.2, 0.25) is 0 Å². The Morgan fingerprint density at radius 1 is 1.39 bits per heavy atom. The molecule has 1 saturated heterocycles. The van der Waals surface area contributed by atoms with Crippen LogP contribution in [0, 0.1) is 11.8 Å². The predicted molar refractivity (Wildman–Crippen MR) is 93.5 cm³/mol. The van der Waals surface area contributed by atoms with Crippen molar-refractivity contribution < 1.29 is 9.53 Å². The van der Waals surface area contributed by atoms with Crippen LogP contribution in [0.4, 0.5) is 0 Å². The molecule has 2 atom stereocenters. The molecule has 0 spiro atoms. The van der Waals surface area contributed by atoms with Crippen molar-refractivity contribution in [3.05, 3.63) is 29.8 Å². The number of amides is 1. The van der Waals surface area contributed by atoms with Gasteiger partial charge in [0.2, 0.25) is 5.91 Å². The van der Waals surface area contributed by atoms with Crippen LogP contribution in [0.3, 0.4) is 0 Å². The fraction of sp³-hybridized carbons (Fsp3) is 0.632. The van der Waals surface area contributed by atoms with Gasteiger partial charge in [-0.2, -0.15) is 0 Å². The third kappa shape index (κ3) is 5.24. The lowest BCUT2D eigenvalue weighted by Gasteiger charge is -2.27. The third-order valence-corrected chi connectivity index (χ3v) is 4.29. The Kier molecular flexibility index (Phi) is 6.90. The molecule has 1 amide bonds. The zero-order valence-corrected chi connectivity index (χ0v) is 14.6. The maximum absolute atomic E-state index is 12.6. The molecule has 2 rings (SSSR count). The summed E-state index contributed by atoms with van der Waals surface area (Å²) in [6.07, 6.45) is 2.96. The minimum absolute atomic E-state index is 0.00664. The number of hydrogen-bond donors (Lipinski definition) is 2. The zero-order valence-electron chi connectivity index (χ0n) is 14.6. The molecular weight excluding hydrogens is 288 g/mol. The predicted octanol–water partition coefficient (Wildman–Crippen LogP) is 3.29. The quantitative estimate of drug-likeness (QED) is 0.811. The number of para-hydroxylation sites is 1. The summed E-state index contributed by atoms with van der Waals surface area (Å²) in [7, 11) is 0. The van der Waals surface area contributed by atoms with Gasteiger partial charge in [-0.15, -0.1) is 0 Å². The molecule has 1 aliphatic heterocycles. The van der Waals surface area contributed by atoms with Crippen molar-refractivity contribution in [2.24, 2.45) is 11.8 Å². The first-order valence-electron chi connectivity index (χ1n) is 8.84. The lowest BCUT2D eigenvalue weighted by molar-refractivity contribution is -0.126. The summed E-state index contributed by atoms with van der Waals surface area (Å²) < 4.78 is 5.76. The number of carbonyl (C=O) groups excluding carboxylic acids is 1. The van der Waals surface area contributed by atoms with E-state index in [0.717, 1.165) is 43.7 Å². The lowest BCUT2D eigenvalue weighted by atomic mass is 9.93. The molecule has 4 heteroatoms. The summed E-state index contributed by atoms with van der Waals surface area (Å²) in [4.78, 5) is 12.6. The molecular formula is C19H30N2O2. The minimum atomic E-state index is 0.00664. The fourth-order valence-corrected chi connectivity index (χ4v) is 3.16. The van der Waals surface area contributed by atoms with Gasteiger partial charge >= 0.3 is 0 Å². The highest BCUT2D eigenvalue weighted by Gasteiger charge is 2.25. The standard InChI is InChI=1S/C19H30N2O2/c1-4-23-18-10-6-5-9-16(18)17(12-14(2)3)21-19(22)15-8-7-11-20-13-15/h5-6,9-10,14-15,17,20H,4,7-8,11-13H2,1-3H3,(H,21,22). The number of hydrogen-bond acceptors (Lipinski definition) is 3. The van der Waals surface area contributed by atoms with Crippen molar-refractivity contribution in [2.45, 2.75) is 46.1 Å². The summed E-state index contributed by atoms with van der Waals surface area (Å²) in [6, 6.07) is 8.05. The third-order valence-electron chi connectivity index (χ3n) is 4.29. The van der Waals surface area contributed by atoms with Crippen molar-refractivity contribution in [3.63, 3.8) is 0 Å². The Bertz CT molecular complexity index is 496. The summed E-state index contributed by atoms with van der Waals surface area (Å²) in [5, 5.41) is 6.59. The van der Waals surface area contributed by atoms with E-state index in [2.05, 4.69) is 30.5 Å². The van der Waals surface area contributed by atoms with Crippen LogP contribution in [-0.2, 0) is 4.79 Å². The van der Waals surface area contributed by atoms with Crippen molar-refractivity contribution in [1.82, 2.24) is 10.6 Å². The summed E-state index contributed by atoms with van der Waals surface area (Å²) in [5.74, 6) is 1.62. The average Bonchev–Trinajstić information content (AvgIpc) is 2.55. The number of rotatable bonds is 7. The van der Waals surface area contributed by atoms with Gasteiger partial charge in [0.15, 0.2) is 0 Å². The topological polar surface area (TPSA) is 50.4 Å². The maximum atomic E-state index is 12.6. The van der Waals surface area contributed by atoms with E-state index in [9.17, 15) is 4.79 Å². The van der Waals surface area contributed by atoms with Gasteiger partial charge in [-0.05, 0) is 44.7 Å². The fourth-order valence-electron chi connectivity index (χ4n) is 3.16. The molecule has 0 bridgehead atoms. The molecule has 0 aromatic heterocycles. The van der Waals surface area contributed by atoms with E-state index >= 15 is 0 Å². The highest BCUT2D eigenvalue weighted by molar-refractivity contribution is 5.79. The van der Waals surface area contributed by atoms with E-state index in [1.807, 2.05) is 25.1 Å². The second-order valence-corrected chi connectivity index (χ2v) is 6.70. The molecule has 1 aliphatic rings. The highest BCUT2D eigenvalue weighted by Crippen LogP contribution is 2.30. The Hall–Kier alpha value is -1.55. The van der Waals surface area contributed by atoms with Crippen LogP contribution in [0.5, 0.6) is 5.75 Å². The molecule has 0 saturated carbocycles. The van der Waals surface area contributed by atoms with Gasteiger partial charge in [0.05, 0.1) is 18.6 Å². The minimum Gasteiger partial charge on any atom is -0.494 e. The highest BCUT2D eigenvalue weighted by atomic mass is 16.5. The van der Waals surface area contributed by atoms with E-state index < -0.39 is 0 Å². The Labute approximate surface area is 140 Å². The van der Waals surface area contributed by atoms with Gasteiger partial charge in [0.25, 0.3) is 0 Å². The maximum Gasteiger partial charge on any atom is 0.224 e. The molecule has 1 aromatic carbocycles. The molecule has 1 fully saturated rings. The van der Waals surface area contributed by atoms with Crippen LogP contribution in [-0.4, -0.2) is 25.6 Å². The average molecular weight is 318 g/mol. The second-order valence-electron chi connectivity index (χ2n) is 6.70. The summed E-state index contributed by atoms with van der Waals surface area (Å²) >= 11 is 0. The van der Waals surface area contributed by atoms with Crippen LogP contribution in [0.15, 0.2) is 24.3 Å². The van der Waals surface area contributed by atoms with Gasteiger partial charge in [-0.3, -0.25) is 4.79 Å². The SMILES string of the molecule is CCOc1ccccc1C(CC(C)C)NC(=O)C1CCCNC1. The largest absolute Gasteiger partial charge is 0.494 e. The Balaban J connectivity index is 2.14. The van der Waals surface area contributed by atoms with Gasteiger partial charge in [0, 0.05) is 12.1 Å². The van der Waals surface area contributed by atoms with Crippen molar-refractivity contribution in [1.29, 1.82) is 0 Å². The first kappa shape index (κ1) is 17.8. The van der Waals surface area contributed by atoms with E-state index in [1.54, 1.807) is 0 Å². The smallest absolute Gasteiger partial charge is 0.224 e. The number of ether oxygens (including phenoxy) is 1.